The van der Waals surface area contributed by atoms with Gasteiger partial charge in [0.25, 0.3) is 0 Å². The third-order valence-electron chi connectivity index (χ3n) is 4.02. The maximum absolute atomic E-state index is 5.62. The summed E-state index contributed by atoms with van der Waals surface area (Å²) >= 11 is 0. The summed E-state index contributed by atoms with van der Waals surface area (Å²) < 4.78 is 21.6. The lowest BCUT2D eigenvalue weighted by Crippen LogP contribution is -2.11. The van der Waals surface area contributed by atoms with Gasteiger partial charge in [-0.1, -0.05) is 11.2 Å². The predicted octanol–water partition coefficient (Wildman–Crippen LogP) is 3.57. The van der Waals surface area contributed by atoms with Gasteiger partial charge in [0.2, 0.25) is 5.75 Å². The zero-order valence-electron chi connectivity index (χ0n) is 17.3. The molecular weight excluding hydrogens is 374 g/mol. The van der Waals surface area contributed by atoms with Crippen LogP contribution in [0.15, 0.2) is 35.5 Å². The molecule has 2 aromatic rings. The standard InChI is InChI=1S/C21H27N3O5/c1-6-24-29-18(10-14-7-8-17(25-2)16(9-14)23-13-22)15-11-19(26-3)21(28-5)20(12-15)27-4/h6-12,23H,13,22H2,1-5H3/b18-10+,24-6-. The summed E-state index contributed by atoms with van der Waals surface area (Å²) in [5.74, 6) is 2.70. The molecule has 0 spiro atoms. The van der Waals surface area contributed by atoms with E-state index < -0.39 is 0 Å². The molecule has 29 heavy (non-hydrogen) atoms. The predicted molar refractivity (Wildman–Crippen MR) is 115 cm³/mol. The zero-order valence-corrected chi connectivity index (χ0v) is 17.3. The van der Waals surface area contributed by atoms with Crippen molar-refractivity contribution >= 4 is 23.7 Å². The molecule has 0 aliphatic heterocycles. The van der Waals surface area contributed by atoms with Gasteiger partial charge in [-0.25, -0.2) is 0 Å². The first kappa shape index (κ1) is 21.9. The molecule has 8 nitrogen and oxygen atoms in total. The number of benzene rings is 2. The van der Waals surface area contributed by atoms with E-state index in [1.807, 2.05) is 24.3 Å². The van der Waals surface area contributed by atoms with E-state index in [-0.39, 0.29) is 6.67 Å². The van der Waals surface area contributed by atoms with E-state index in [4.69, 9.17) is 29.5 Å². The van der Waals surface area contributed by atoms with E-state index in [1.165, 1.54) is 0 Å². The van der Waals surface area contributed by atoms with Crippen LogP contribution < -0.4 is 30.0 Å². The summed E-state index contributed by atoms with van der Waals surface area (Å²) in [7, 11) is 6.28. The van der Waals surface area contributed by atoms with E-state index in [0.717, 1.165) is 11.3 Å². The van der Waals surface area contributed by atoms with Gasteiger partial charge in [-0.15, -0.1) is 0 Å². The Hall–Kier alpha value is -3.39. The van der Waals surface area contributed by atoms with Crippen LogP contribution in [0, 0.1) is 0 Å². The Morgan fingerprint density at radius 1 is 0.966 bits per heavy atom. The zero-order chi connectivity index (χ0) is 21.2. The quantitative estimate of drug-likeness (QED) is 0.207. The summed E-state index contributed by atoms with van der Waals surface area (Å²) in [4.78, 5) is 5.61. The number of nitrogens with one attached hydrogen (secondary N) is 1. The van der Waals surface area contributed by atoms with Crippen LogP contribution in [0.5, 0.6) is 23.0 Å². The molecular formula is C21H27N3O5. The summed E-state index contributed by atoms with van der Waals surface area (Å²) in [5.41, 5.74) is 7.95. The van der Waals surface area contributed by atoms with Crippen LogP contribution in [0.2, 0.25) is 0 Å². The van der Waals surface area contributed by atoms with Crippen molar-refractivity contribution in [3.8, 4) is 23.0 Å². The summed E-state index contributed by atoms with van der Waals surface area (Å²) in [6.07, 6.45) is 3.40. The number of ether oxygens (including phenoxy) is 4. The first-order chi connectivity index (χ1) is 14.1. The van der Waals surface area contributed by atoms with Crippen molar-refractivity contribution in [1.82, 2.24) is 0 Å². The van der Waals surface area contributed by atoms with Gasteiger partial charge in [-0.3, -0.25) is 0 Å². The molecule has 0 radical (unpaired) electrons. The van der Waals surface area contributed by atoms with Gasteiger partial charge in [0.05, 0.1) is 40.8 Å². The number of nitrogens with zero attached hydrogens (tertiary/aromatic N) is 1. The summed E-state index contributed by atoms with van der Waals surface area (Å²) in [6.45, 7) is 2.04. The van der Waals surface area contributed by atoms with Gasteiger partial charge in [0.15, 0.2) is 17.3 Å². The van der Waals surface area contributed by atoms with Gasteiger partial charge in [-0.05, 0) is 42.8 Å². The lowest BCUT2D eigenvalue weighted by Gasteiger charge is -2.15. The molecule has 8 heteroatoms. The van der Waals surface area contributed by atoms with Crippen LogP contribution in [-0.2, 0) is 4.84 Å². The van der Waals surface area contributed by atoms with E-state index >= 15 is 0 Å². The van der Waals surface area contributed by atoms with E-state index in [9.17, 15) is 0 Å². The fourth-order valence-corrected chi connectivity index (χ4v) is 2.71. The molecule has 156 valence electrons. The Balaban J connectivity index is 2.59. The molecule has 2 aromatic carbocycles. The summed E-state index contributed by atoms with van der Waals surface area (Å²) in [6, 6.07) is 9.24. The minimum atomic E-state index is 0.278. The minimum Gasteiger partial charge on any atom is -0.495 e. The van der Waals surface area contributed by atoms with Crippen LogP contribution in [0.4, 0.5) is 5.69 Å². The second kappa shape index (κ2) is 10.8. The van der Waals surface area contributed by atoms with Crippen molar-refractivity contribution < 1.29 is 23.8 Å². The van der Waals surface area contributed by atoms with Gasteiger partial charge in [-0.2, -0.15) is 0 Å². The molecule has 0 unspecified atom stereocenters. The van der Waals surface area contributed by atoms with E-state index in [0.29, 0.717) is 34.3 Å². The SMILES string of the molecule is C/C=N\O/C(=C/c1ccc(OC)c(NCN)c1)c1cc(OC)c(OC)c(OC)c1. The van der Waals surface area contributed by atoms with Crippen molar-refractivity contribution in [3.05, 3.63) is 41.5 Å². The Morgan fingerprint density at radius 2 is 1.62 bits per heavy atom. The number of hydrogen-bond donors (Lipinski definition) is 2. The fourth-order valence-electron chi connectivity index (χ4n) is 2.71. The van der Waals surface area contributed by atoms with Crippen LogP contribution in [0.3, 0.4) is 0 Å². The van der Waals surface area contributed by atoms with Crippen molar-refractivity contribution in [2.24, 2.45) is 10.9 Å². The molecule has 3 N–H and O–H groups in total. The number of hydrogen-bond acceptors (Lipinski definition) is 8. The van der Waals surface area contributed by atoms with Gasteiger partial charge >= 0.3 is 0 Å². The van der Waals surface area contributed by atoms with Crippen molar-refractivity contribution in [2.45, 2.75) is 6.92 Å². The molecule has 0 bridgehead atoms. The summed E-state index contributed by atoms with van der Waals surface area (Å²) in [5, 5.41) is 7.00. The molecule has 0 fully saturated rings. The highest BCUT2D eigenvalue weighted by Crippen LogP contribution is 2.40. The van der Waals surface area contributed by atoms with Gasteiger partial charge < -0.3 is 34.8 Å². The molecule has 0 aliphatic carbocycles. The first-order valence-corrected chi connectivity index (χ1v) is 8.90. The number of anilines is 1. The highest BCUT2D eigenvalue weighted by atomic mass is 16.6. The molecule has 0 atom stereocenters. The van der Waals surface area contributed by atoms with Crippen molar-refractivity contribution in [1.29, 1.82) is 0 Å². The number of oxime groups is 1. The second-order valence-electron chi connectivity index (χ2n) is 5.72. The molecule has 0 aromatic heterocycles. The van der Waals surface area contributed by atoms with E-state index in [1.54, 1.807) is 53.7 Å². The molecule has 2 rings (SSSR count). The average molecular weight is 401 g/mol. The number of rotatable bonds is 10. The smallest absolute Gasteiger partial charge is 0.203 e. The molecule has 0 saturated heterocycles. The molecule has 0 heterocycles. The van der Waals surface area contributed by atoms with Crippen LogP contribution >= 0.6 is 0 Å². The topological polar surface area (TPSA) is 96.6 Å². The molecule has 0 saturated carbocycles. The third kappa shape index (κ3) is 5.32. The van der Waals surface area contributed by atoms with Gasteiger partial charge in [0.1, 0.15) is 5.75 Å². The normalized spacial score (nSPS) is 11.3. The number of nitrogens with two attached hydrogens (primary N) is 1. The minimum absolute atomic E-state index is 0.278. The van der Waals surface area contributed by atoms with Crippen LogP contribution in [0.25, 0.3) is 11.8 Å². The Morgan fingerprint density at radius 3 is 2.14 bits per heavy atom. The average Bonchev–Trinajstić information content (AvgIpc) is 2.75. The van der Waals surface area contributed by atoms with Crippen molar-refractivity contribution in [3.63, 3.8) is 0 Å². The largest absolute Gasteiger partial charge is 0.495 e. The second-order valence-corrected chi connectivity index (χ2v) is 5.72. The van der Waals surface area contributed by atoms with Crippen molar-refractivity contribution in [2.75, 3.05) is 40.4 Å². The lowest BCUT2D eigenvalue weighted by molar-refractivity contribution is 0.299. The maximum Gasteiger partial charge on any atom is 0.203 e. The third-order valence-corrected chi connectivity index (χ3v) is 4.02. The van der Waals surface area contributed by atoms with Crippen LogP contribution in [0.1, 0.15) is 18.1 Å². The van der Waals surface area contributed by atoms with E-state index in [2.05, 4.69) is 10.5 Å². The highest BCUT2D eigenvalue weighted by molar-refractivity contribution is 5.81. The molecule has 0 aliphatic rings. The fraction of sp³-hybridized carbons (Fsp3) is 0.286. The van der Waals surface area contributed by atoms with Gasteiger partial charge in [0, 0.05) is 11.8 Å². The lowest BCUT2D eigenvalue weighted by atomic mass is 10.1. The Labute approximate surface area is 170 Å². The monoisotopic (exact) mass is 401 g/mol. The Kier molecular flexibility index (Phi) is 8.17. The number of methoxy groups -OCH3 is 4. The first-order valence-electron chi connectivity index (χ1n) is 8.90. The Bertz CT molecular complexity index is 856. The maximum atomic E-state index is 5.62. The van der Waals surface area contributed by atoms with Crippen LogP contribution in [-0.4, -0.2) is 41.3 Å². The highest BCUT2D eigenvalue weighted by Gasteiger charge is 2.16. The molecule has 0 amide bonds.